The maximum Gasteiger partial charge on any atom is 0.303 e. The van der Waals surface area contributed by atoms with Gasteiger partial charge in [-0.2, -0.15) is 0 Å². The third-order valence-corrected chi connectivity index (χ3v) is 8.98. The van der Waals surface area contributed by atoms with Crippen LogP contribution in [-0.4, -0.2) is 27.5 Å². The SMILES string of the molecule is CC(=O)O[C@]1(C(C)=O)CC[C@H]2[C@@H]3C=CC4=C[C@@](O)(Cl)CC[C@]4(C)[C@H]3CC[C@@]21C. The van der Waals surface area contributed by atoms with E-state index in [1.54, 1.807) is 6.92 Å². The Balaban J connectivity index is 1.74. The Kier molecular flexibility index (Phi) is 4.45. The fourth-order valence-electron chi connectivity index (χ4n) is 7.18. The van der Waals surface area contributed by atoms with Crippen molar-refractivity contribution in [3.05, 3.63) is 23.8 Å². The number of alkyl halides is 1. The molecule has 0 aliphatic heterocycles. The number of ketones is 1. The van der Waals surface area contributed by atoms with Crippen LogP contribution in [0, 0.1) is 28.6 Å². The van der Waals surface area contributed by atoms with Gasteiger partial charge in [0.2, 0.25) is 0 Å². The van der Waals surface area contributed by atoms with Gasteiger partial charge in [0.1, 0.15) is 0 Å². The molecule has 0 radical (unpaired) electrons. The lowest BCUT2D eigenvalue weighted by atomic mass is 9.48. The second-order valence-electron chi connectivity index (χ2n) is 9.96. The van der Waals surface area contributed by atoms with Crippen molar-refractivity contribution in [3.8, 4) is 0 Å². The van der Waals surface area contributed by atoms with Gasteiger partial charge < -0.3 is 9.84 Å². The third kappa shape index (κ3) is 2.60. The molecule has 0 unspecified atom stereocenters. The van der Waals surface area contributed by atoms with Crippen LogP contribution in [0.25, 0.3) is 0 Å². The molecule has 0 aromatic rings. The second-order valence-corrected chi connectivity index (χ2v) is 10.6. The van der Waals surface area contributed by atoms with Crippen LogP contribution in [0.5, 0.6) is 0 Å². The molecular weight excluding hydrogens is 376 g/mol. The number of carbonyl (C=O) groups is 2. The molecule has 0 bridgehead atoms. The molecule has 0 heterocycles. The fraction of sp³-hybridized carbons (Fsp3) is 0.739. The van der Waals surface area contributed by atoms with Gasteiger partial charge in [-0.3, -0.25) is 9.59 Å². The summed E-state index contributed by atoms with van der Waals surface area (Å²) in [7, 11) is 0. The van der Waals surface area contributed by atoms with Crippen molar-refractivity contribution in [2.45, 2.75) is 76.9 Å². The van der Waals surface area contributed by atoms with Crippen molar-refractivity contribution in [3.63, 3.8) is 0 Å². The van der Waals surface area contributed by atoms with Crippen LogP contribution in [0.15, 0.2) is 23.8 Å². The first kappa shape index (κ1) is 20.2. The van der Waals surface area contributed by atoms with E-state index < -0.39 is 10.7 Å². The van der Waals surface area contributed by atoms with E-state index >= 15 is 0 Å². The maximum absolute atomic E-state index is 12.7. The first-order valence-electron chi connectivity index (χ1n) is 10.5. The van der Waals surface area contributed by atoms with Crippen molar-refractivity contribution < 1.29 is 19.4 Å². The Hall–Kier alpha value is -1.13. The number of Topliss-reactive ketones (excluding diaryl/α,β-unsaturated/α-hetero) is 1. The molecule has 2 fully saturated rings. The molecule has 28 heavy (non-hydrogen) atoms. The summed E-state index contributed by atoms with van der Waals surface area (Å²) >= 11 is 6.22. The topological polar surface area (TPSA) is 63.6 Å². The number of hydrogen-bond acceptors (Lipinski definition) is 4. The molecule has 7 atom stereocenters. The summed E-state index contributed by atoms with van der Waals surface area (Å²) < 4.78 is 5.80. The maximum atomic E-state index is 12.7. The summed E-state index contributed by atoms with van der Waals surface area (Å²) in [6.07, 6.45) is 11.0. The van der Waals surface area contributed by atoms with Crippen molar-refractivity contribution in [2.75, 3.05) is 0 Å². The average Bonchev–Trinajstić information content (AvgIpc) is 2.88. The number of ether oxygens (including phenoxy) is 1. The van der Waals surface area contributed by atoms with Gasteiger partial charge in [-0.1, -0.05) is 37.6 Å². The smallest absolute Gasteiger partial charge is 0.303 e. The van der Waals surface area contributed by atoms with Crippen LogP contribution in [0.4, 0.5) is 0 Å². The summed E-state index contributed by atoms with van der Waals surface area (Å²) in [5, 5.41) is 9.05. The van der Waals surface area contributed by atoms with Crippen molar-refractivity contribution in [1.29, 1.82) is 0 Å². The molecular formula is C23H31ClO4. The standard InChI is InChI=1S/C23H31ClO4/c1-14(25)23(28-15(2)26)10-8-19-17-6-5-16-13-22(24,27)12-11-20(16,3)18(17)7-9-21(19,23)4/h5-6,13,17-19,27H,7-12H2,1-4H3/t17-,18+,19+,20+,21+,22-,23+/m1/s1. The highest BCUT2D eigenvalue weighted by molar-refractivity contribution is 6.24. The van der Waals surface area contributed by atoms with Crippen molar-refractivity contribution in [1.82, 2.24) is 0 Å². The lowest BCUT2D eigenvalue weighted by Crippen LogP contribution is -2.58. The second kappa shape index (κ2) is 6.18. The van der Waals surface area contributed by atoms with E-state index in [2.05, 4.69) is 26.0 Å². The predicted molar refractivity (Wildman–Crippen MR) is 108 cm³/mol. The van der Waals surface area contributed by atoms with Crippen LogP contribution in [-0.2, 0) is 14.3 Å². The zero-order valence-corrected chi connectivity index (χ0v) is 18.0. The Morgan fingerprint density at radius 1 is 1.11 bits per heavy atom. The number of esters is 1. The van der Waals surface area contributed by atoms with Gasteiger partial charge in [-0.15, -0.1) is 0 Å². The number of allylic oxidation sites excluding steroid dienone is 3. The van der Waals surface area contributed by atoms with Crippen molar-refractivity contribution >= 4 is 23.4 Å². The van der Waals surface area contributed by atoms with Crippen LogP contribution in [0.1, 0.15) is 66.2 Å². The predicted octanol–water partition coefficient (Wildman–Crippen LogP) is 4.54. The molecule has 0 aromatic carbocycles. The number of rotatable bonds is 2. The van der Waals surface area contributed by atoms with E-state index in [0.29, 0.717) is 30.6 Å². The molecule has 0 saturated heterocycles. The molecule has 4 rings (SSSR count). The minimum Gasteiger partial charge on any atom is -0.451 e. The lowest BCUT2D eigenvalue weighted by molar-refractivity contribution is -0.185. The first-order chi connectivity index (χ1) is 13.0. The normalized spacial score (nSPS) is 49.5. The van der Waals surface area contributed by atoms with Crippen LogP contribution in [0.2, 0.25) is 0 Å². The van der Waals surface area contributed by atoms with E-state index in [4.69, 9.17) is 16.3 Å². The fourth-order valence-corrected chi connectivity index (χ4v) is 7.39. The highest BCUT2D eigenvalue weighted by Crippen LogP contribution is 2.67. The summed E-state index contributed by atoms with van der Waals surface area (Å²) in [5.41, 5.74) is -0.209. The van der Waals surface area contributed by atoms with E-state index in [-0.39, 0.29) is 22.6 Å². The van der Waals surface area contributed by atoms with Gasteiger partial charge in [0, 0.05) is 12.3 Å². The summed E-state index contributed by atoms with van der Waals surface area (Å²) in [6, 6.07) is 0. The lowest BCUT2D eigenvalue weighted by Gasteiger charge is -2.57. The van der Waals surface area contributed by atoms with E-state index in [0.717, 1.165) is 31.3 Å². The molecule has 2 saturated carbocycles. The zero-order valence-electron chi connectivity index (χ0n) is 17.3. The molecule has 4 aliphatic carbocycles. The molecule has 0 aromatic heterocycles. The minimum atomic E-state index is -1.25. The highest BCUT2D eigenvalue weighted by atomic mass is 35.5. The number of aliphatic hydroxyl groups is 1. The van der Waals surface area contributed by atoms with Gasteiger partial charge in [0.25, 0.3) is 0 Å². The largest absolute Gasteiger partial charge is 0.451 e. The number of carbonyl (C=O) groups excluding carboxylic acids is 2. The Bertz CT molecular complexity index is 783. The monoisotopic (exact) mass is 406 g/mol. The Morgan fingerprint density at radius 3 is 2.43 bits per heavy atom. The highest BCUT2D eigenvalue weighted by Gasteiger charge is 2.67. The van der Waals surface area contributed by atoms with E-state index in [1.807, 2.05) is 6.08 Å². The van der Waals surface area contributed by atoms with E-state index in [9.17, 15) is 14.7 Å². The molecule has 1 N–H and O–H groups in total. The van der Waals surface area contributed by atoms with Gasteiger partial charge in [-0.25, -0.2) is 0 Å². The van der Waals surface area contributed by atoms with Gasteiger partial charge in [0.15, 0.2) is 16.4 Å². The minimum absolute atomic E-state index is 0.00915. The van der Waals surface area contributed by atoms with E-state index in [1.165, 1.54) is 6.92 Å². The van der Waals surface area contributed by atoms with Crippen molar-refractivity contribution in [2.24, 2.45) is 28.6 Å². The van der Waals surface area contributed by atoms with Gasteiger partial charge >= 0.3 is 5.97 Å². The van der Waals surface area contributed by atoms with Crippen LogP contribution < -0.4 is 0 Å². The summed E-state index contributed by atoms with van der Waals surface area (Å²) in [6.45, 7) is 7.43. The van der Waals surface area contributed by atoms with Crippen LogP contribution >= 0.6 is 11.6 Å². The Morgan fingerprint density at radius 2 is 1.79 bits per heavy atom. The van der Waals surface area contributed by atoms with Crippen LogP contribution in [0.3, 0.4) is 0 Å². The quantitative estimate of drug-likeness (QED) is 0.540. The van der Waals surface area contributed by atoms with Gasteiger partial charge in [0.05, 0.1) is 0 Å². The number of hydrogen-bond donors (Lipinski definition) is 1. The van der Waals surface area contributed by atoms with Gasteiger partial charge in [-0.05, 0) is 80.3 Å². The average molecular weight is 407 g/mol. The zero-order chi connectivity index (χ0) is 20.5. The molecule has 4 nitrogen and oxygen atoms in total. The molecule has 0 amide bonds. The molecule has 0 spiro atoms. The molecule has 4 aliphatic rings. The number of halogens is 1. The number of fused-ring (bicyclic) bond motifs is 5. The summed E-state index contributed by atoms with van der Waals surface area (Å²) in [5.74, 6) is 0.710. The summed E-state index contributed by atoms with van der Waals surface area (Å²) in [4.78, 5) is 24.6. The third-order valence-electron chi connectivity index (χ3n) is 8.69. The Labute approximate surface area is 172 Å². The molecule has 154 valence electrons. The molecule has 5 heteroatoms. The first-order valence-corrected chi connectivity index (χ1v) is 10.9.